The van der Waals surface area contributed by atoms with Crippen LogP contribution in [0.3, 0.4) is 0 Å². The van der Waals surface area contributed by atoms with Gasteiger partial charge in [0.25, 0.3) is 5.91 Å². The highest BCUT2D eigenvalue weighted by Crippen LogP contribution is 2.55. The predicted molar refractivity (Wildman–Crippen MR) is 112 cm³/mol. The maximum absolute atomic E-state index is 13.8. The molecule has 3 aliphatic rings. The number of hydrogen-bond acceptors (Lipinski definition) is 3. The number of amides is 2. The summed E-state index contributed by atoms with van der Waals surface area (Å²) >= 11 is 1.57. The number of carbonyl (C=O) groups excluding carboxylic acids is 2. The largest absolute Gasteiger partial charge is 0.315 e. The van der Waals surface area contributed by atoms with Crippen molar-refractivity contribution < 1.29 is 14.0 Å². The van der Waals surface area contributed by atoms with E-state index in [1.54, 1.807) is 28.8 Å². The van der Waals surface area contributed by atoms with Crippen LogP contribution in [-0.4, -0.2) is 29.0 Å². The van der Waals surface area contributed by atoms with Gasteiger partial charge in [-0.25, -0.2) is 4.39 Å². The van der Waals surface area contributed by atoms with Crippen molar-refractivity contribution in [1.82, 2.24) is 4.90 Å². The lowest BCUT2D eigenvalue weighted by Crippen LogP contribution is -2.51. The van der Waals surface area contributed by atoms with Gasteiger partial charge in [0.2, 0.25) is 5.91 Å². The number of halogens is 1. The summed E-state index contributed by atoms with van der Waals surface area (Å²) in [5.41, 5.74) is 2.62. The first-order valence-corrected chi connectivity index (χ1v) is 11.2. The highest BCUT2D eigenvalue weighted by molar-refractivity contribution is 8.01. The van der Waals surface area contributed by atoms with Crippen LogP contribution in [0.2, 0.25) is 0 Å². The van der Waals surface area contributed by atoms with E-state index < -0.39 is 4.87 Å². The second-order valence-electron chi connectivity index (χ2n) is 8.00. The van der Waals surface area contributed by atoms with E-state index in [2.05, 4.69) is 0 Å². The van der Waals surface area contributed by atoms with Gasteiger partial charge in [0, 0.05) is 23.8 Å². The summed E-state index contributed by atoms with van der Waals surface area (Å²) < 4.78 is 13.3. The third-order valence-electron chi connectivity index (χ3n) is 6.33. The van der Waals surface area contributed by atoms with Gasteiger partial charge in [-0.15, -0.1) is 11.8 Å². The molecule has 0 bridgehead atoms. The van der Waals surface area contributed by atoms with Crippen molar-refractivity contribution in [2.75, 3.05) is 17.2 Å². The maximum atomic E-state index is 13.8. The molecule has 2 aromatic carbocycles. The summed E-state index contributed by atoms with van der Waals surface area (Å²) in [7, 11) is 0. The number of anilines is 1. The van der Waals surface area contributed by atoms with Crippen molar-refractivity contribution >= 4 is 29.3 Å². The first-order chi connectivity index (χ1) is 14.1. The average molecular weight is 411 g/mol. The van der Waals surface area contributed by atoms with Crippen LogP contribution in [0.4, 0.5) is 10.1 Å². The zero-order valence-electron chi connectivity index (χ0n) is 16.1. The van der Waals surface area contributed by atoms with Crippen LogP contribution < -0.4 is 4.90 Å². The minimum absolute atomic E-state index is 0.0386. The second-order valence-corrected chi connectivity index (χ2v) is 9.29. The number of benzene rings is 2. The Balaban J connectivity index is 1.54. The highest BCUT2D eigenvalue weighted by atomic mass is 32.2. The van der Waals surface area contributed by atoms with Crippen LogP contribution >= 0.6 is 11.8 Å². The fourth-order valence-corrected chi connectivity index (χ4v) is 6.38. The van der Waals surface area contributed by atoms with E-state index in [4.69, 9.17) is 0 Å². The molecule has 1 saturated carbocycles. The molecule has 4 nitrogen and oxygen atoms in total. The molecule has 0 aromatic heterocycles. The molecule has 2 fully saturated rings. The third-order valence-corrected chi connectivity index (χ3v) is 7.74. The normalized spacial score (nSPS) is 24.0. The van der Waals surface area contributed by atoms with E-state index in [0.29, 0.717) is 13.1 Å². The van der Waals surface area contributed by atoms with Gasteiger partial charge in [0.05, 0.1) is 12.2 Å². The molecule has 5 rings (SSSR count). The van der Waals surface area contributed by atoms with Crippen LogP contribution in [-0.2, 0) is 21.0 Å². The number of carbonyl (C=O) groups is 2. The number of rotatable bonds is 3. The number of nitrogens with zero attached hydrogens (tertiary/aromatic N) is 2. The van der Waals surface area contributed by atoms with Crippen LogP contribution in [0.15, 0.2) is 48.5 Å². The summed E-state index contributed by atoms with van der Waals surface area (Å²) in [5.74, 6) is 0.564. The van der Waals surface area contributed by atoms with Crippen molar-refractivity contribution in [3.05, 3.63) is 65.5 Å². The first-order valence-electron chi connectivity index (χ1n) is 10.2. The van der Waals surface area contributed by atoms with Gasteiger partial charge < -0.3 is 9.80 Å². The van der Waals surface area contributed by atoms with Gasteiger partial charge in [-0.05, 0) is 36.6 Å². The molecule has 0 N–H and O–H groups in total. The number of hydrogen-bond donors (Lipinski definition) is 0. The Labute approximate surface area is 174 Å². The van der Waals surface area contributed by atoms with Crippen molar-refractivity contribution in [1.29, 1.82) is 0 Å². The Bertz CT molecular complexity index is 958. The minimum Gasteiger partial charge on any atom is -0.315 e. The Morgan fingerprint density at radius 2 is 1.83 bits per heavy atom. The van der Waals surface area contributed by atoms with E-state index in [-0.39, 0.29) is 23.5 Å². The lowest BCUT2D eigenvalue weighted by molar-refractivity contribution is -0.143. The third kappa shape index (κ3) is 2.88. The molecule has 6 heteroatoms. The minimum atomic E-state index is -0.962. The smallest absolute Gasteiger partial charge is 0.268 e. The molecule has 1 unspecified atom stereocenters. The molecule has 150 valence electrons. The maximum Gasteiger partial charge on any atom is 0.268 e. The Morgan fingerprint density at radius 1 is 1.10 bits per heavy atom. The number of para-hydroxylation sites is 1. The molecule has 1 atom stereocenters. The Hall–Kier alpha value is -2.34. The highest BCUT2D eigenvalue weighted by Gasteiger charge is 2.59. The van der Waals surface area contributed by atoms with Gasteiger partial charge in [-0.1, -0.05) is 43.2 Å². The van der Waals surface area contributed by atoms with Crippen LogP contribution in [0.1, 0.15) is 36.8 Å². The standard InChI is InChI=1S/C23H23FN2O2S/c24-18-11-9-16(10-12-18)15-25-20-8-4-3-7-19(20)23(22(25)28)26(13-14-29-23)21(27)17-5-1-2-6-17/h3-4,7-12,17H,1-2,5-6,13-15H2. The molecule has 0 radical (unpaired) electrons. The topological polar surface area (TPSA) is 40.6 Å². The van der Waals surface area contributed by atoms with Crippen molar-refractivity contribution in [3.63, 3.8) is 0 Å². The van der Waals surface area contributed by atoms with Crippen molar-refractivity contribution in [3.8, 4) is 0 Å². The molecule has 2 aliphatic heterocycles. The van der Waals surface area contributed by atoms with Crippen LogP contribution in [0.25, 0.3) is 0 Å². The quantitative estimate of drug-likeness (QED) is 0.758. The zero-order chi connectivity index (χ0) is 20.0. The number of thioether (sulfide) groups is 1. The van der Waals surface area contributed by atoms with Gasteiger partial charge in [0.1, 0.15) is 5.82 Å². The molecule has 1 spiro atoms. The average Bonchev–Trinajstić information content (AvgIpc) is 3.47. The Morgan fingerprint density at radius 3 is 2.59 bits per heavy atom. The SMILES string of the molecule is O=C(C1CCCC1)N1CCSC12C(=O)N(Cc1ccc(F)cc1)c1ccccc12. The first kappa shape index (κ1) is 18.7. The van der Waals surface area contributed by atoms with E-state index in [1.807, 2.05) is 29.2 Å². The van der Waals surface area contributed by atoms with E-state index in [9.17, 15) is 14.0 Å². The lowest BCUT2D eigenvalue weighted by Gasteiger charge is -2.34. The molecule has 2 amide bonds. The monoisotopic (exact) mass is 410 g/mol. The summed E-state index contributed by atoms with van der Waals surface area (Å²) in [4.78, 5) is 29.8. The van der Waals surface area contributed by atoms with Gasteiger partial charge >= 0.3 is 0 Å². The lowest BCUT2D eigenvalue weighted by atomic mass is 10.0. The van der Waals surface area contributed by atoms with Crippen molar-refractivity contribution in [2.45, 2.75) is 37.1 Å². The molecule has 1 aliphatic carbocycles. The summed E-state index contributed by atoms with van der Waals surface area (Å²) in [6.45, 7) is 0.967. The zero-order valence-corrected chi connectivity index (χ0v) is 17.0. The van der Waals surface area contributed by atoms with Gasteiger partial charge in [0.15, 0.2) is 4.87 Å². The van der Waals surface area contributed by atoms with Gasteiger partial charge in [-0.2, -0.15) is 0 Å². The summed E-state index contributed by atoms with van der Waals surface area (Å²) in [6, 6.07) is 14.0. The summed E-state index contributed by atoms with van der Waals surface area (Å²) in [6.07, 6.45) is 4.02. The fraction of sp³-hybridized carbons (Fsp3) is 0.391. The van der Waals surface area contributed by atoms with E-state index in [0.717, 1.165) is 48.3 Å². The van der Waals surface area contributed by atoms with E-state index >= 15 is 0 Å². The predicted octanol–water partition coefficient (Wildman–Crippen LogP) is 4.29. The molecule has 29 heavy (non-hydrogen) atoms. The van der Waals surface area contributed by atoms with Crippen LogP contribution in [0.5, 0.6) is 0 Å². The molecular weight excluding hydrogens is 387 g/mol. The second kappa shape index (κ2) is 7.17. The Kier molecular flexibility index (Phi) is 4.62. The molecule has 2 heterocycles. The van der Waals surface area contributed by atoms with Crippen molar-refractivity contribution in [2.24, 2.45) is 5.92 Å². The van der Waals surface area contributed by atoms with E-state index in [1.165, 1.54) is 12.1 Å². The number of fused-ring (bicyclic) bond motifs is 2. The summed E-state index contributed by atoms with van der Waals surface area (Å²) in [5, 5.41) is 0. The van der Waals surface area contributed by atoms with Gasteiger partial charge in [-0.3, -0.25) is 9.59 Å². The molecule has 1 saturated heterocycles. The van der Waals surface area contributed by atoms with Crippen LogP contribution in [0, 0.1) is 11.7 Å². The fourth-order valence-electron chi connectivity index (χ4n) is 4.91. The molecule has 2 aromatic rings. The molecular formula is C23H23FN2O2S.